The summed E-state index contributed by atoms with van der Waals surface area (Å²) in [6.45, 7) is 20.8. The van der Waals surface area contributed by atoms with Crippen LogP contribution in [-0.4, -0.2) is 98.1 Å². The van der Waals surface area contributed by atoms with Crippen LogP contribution in [0, 0.1) is 0 Å². The van der Waals surface area contributed by atoms with Gasteiger partial charge < -0.3 is 37.9 Å². The van der Waals surface area contributed by atoms with Crippen molar-refractivity contribution in [3.63, 3.8) is 0 Å². The molecule has 0 heterocycles. The van der Waals surface area contributed by atoms with Gasteiger partial charge in [-0.3, -0.25) is 0 Å². The number of hydrogen-bond acceptors (Lipinski definition) is 12. The normalized spacial score (nSPS) is 14.7. The van der Waals surface area contributed by atoms with Crippen molar-refractivity contribution in [2.24, 2.45) is 0 Å². The fraction of sp³-hybridized carbons (Fsp3) is 0.706. The lowest BCUT2D eigenvalue weighted by atomic mass is 10.1. The molecule has 1 aromatic rings. The third-order valence-corrected chi connectivity index (χ3v) is 6.14. The lowest BCUT2D eigenvalue weighted by molar-refractivity contribution is -0.180. The van der Waals surface area contributed by atoms with Gasteiger partial charge in [0.15, 0.2) is 11.2 Å². The predicted octanol–water partition coefficient (Wildman–Crippen LogP) is 5.08. The Kier molecular flexibility index (Phi) is 16.9. The second kappa shape index (κ2) is 18.9. The van der Waals surface area contributed by atoms with Crippen LogP contribution in [0.2, 0.25) is 0 Å². The van der Waals surface area contributed by atoms with E-state index in [1.165, 1.54) is 24.3 Å². The molecule has 12 nitrogen and oxygen atoms in total. The monoisotopic (exact) mass is 654 g/mol. The van der Waals surface area contributed by atoms with Gasteiger partial charge in [-0.15, -0.1) is 0 Å². The Morgan fingerprint density at radius 2 is 0.783 bits per heavy atom. The highest BCUT2D eigenvalue weighted by molar-refractivity contribution is 5.93. The van der Waals surface area contributed by atoms with Crippen LogP contribution < -0.4 is 0 Å². The fourth-order valence-corrected chi connectivity index (χ4v) is 4.21. The third kappa shape index (κ3) is 15.5. The molecule has 0 bridgehead atoms. The van der Waals surface area contributed by atoms with E-state index in [0.29, 0.717) is 0 Å². The highest BCUT2D eigenvalue weighted by atomic mass is 16.6. The van der Waals surface area contributed by atoms with E-state index in [0.717, 1.165) is 0 Å². The maximum absolute atomic E-state index is 12.6. The largest absolute Gasteiger partial charge is 0.461 e. The first-order valence-electron chi connectivity index (χ1n) is 15.7. The van der Waals surface area contributed by atoms with E-state index in [4.69, 9.17) is 37.9 Å². The third-order valence-electron chi connectivity index (χ3n) is 6.14. The molecule has 1 rings (SSSR count). The summed E-state index contributed by atoms with van der Waals surface area (Å²) in [4.78, 5) is 50.1. The fourth-order valence-electron chi connectivity index (χ4n) is 4.21. The van der Waals surface area contributed by atoms with Crippen LogP contribution in [0.5, 0.6) is 0 Å². The molecule has 12 heteroatoms. The van der Waals surface area contributed by atoms with Crippen LogP contribution in [0.3, 0.4) is 0 Å². The Morgan fingerprint density at radius 3 is 1.07 bits per heavy atom. The van der Waals surface area contributed by atoms with Crippen molar-refractivity contribution in [1.29, 1.82) is 0 Å². The van der Waals surface area contributed by atoms with Gasteiger partial charge in [-0.25, -0.2) is 19.2 Å². The molecule has 262 valence electrons. The van der Waals surface area contributed by atoms with Crippen LogP contribution in [0.15, 0.2) is 24.3 Å². The van der Waals surface area contributed by atoms with Gasteiger partial charge in [0, 0.05) is 0 Å². The Bertz CT molecular complexity index is 1020. The van der Waals surface area contributed by atoms with Gasteiger partial charge in [-0.1, -0.05) is 0 Å². The van der Waals surface area contributed by atoms with Gasteiger partial charge in [-0.05, 0) is 107 Å². The summed E-state index contributed by atoms with van der Waals surface area (Å²) in [6.07, 6.45) is -1.72. The second-order valence-electron chi connectivity index (χ2n) is 12.8. The van der Waals surface area contributed by atoms with E-state index in [-0.39, 0.29) is 62.0 Å². The number of esters is 4. The van der Waals surface area contributed by atoms with Crippen molar-refractivity contribution in [1.82, 2.24) is 0 Å². The van der Waals surface area contributed by atoms with E-state index in [9.17, 15) is 19.2 Å². The molecule has 0 saturated carbocycles. The van der Waals surface area contributed by atoms with Gasteiger partial charge in [0.2, 0.25) is 0 Å². The standard InChI is InChI=1S/C34H54O12/c1-21(2)43-23(5)17-41-31(37)33(9,10)45-25(7)19-39-29(35)27-13-15-28(16-14-27)30(36)40-20-26(8)46-34(11,12)32(38)42-18-24(6)44-22(3)4/h13-16,21-26H,17-20H2,1-12H3. The smallest absolute Gasteiger partial charge is 0.338 e. The summed E-state index contributed by atoms with van der Waals surface area (Å²) in [6, 6.07) is 5.76. The molecule has 4 unspecified atom stereocenters. The number of benzene rings is 1. The molecule has 0 spiro atoms. The molecular formula is C34H54O12. The van der Waals surface area contributed by atoms with Gasteiger partial charge in [-0.2, -0.15) is 0 Å². The summed E-state index contributed by atoms with van der Waals surface area (Å²) in [5.41, 5.74) is -2.11. The molecule has 0 fully saturated rings. The van der Waals surface area contributed by atoms with Gasteiger partial charge in [0.1, 0.15) is 26.4 Å². The van der Waals surface area contributed by atoms with E-state index in [1.54, 1.807) is 41.5 Å². The summed E-state index contributed by atoms with van der Waals surface area (Å²) in [7, 11) is 0. The molecule has 0 aliphatic rings. The predicted molar refractivity (Wildman–Crippen MR) is 170 cm³/mol. The summed E-state index contributed by atoms with van der Waals surface area (Å²) in [5.74, 6) is -2.37. The summed E-state index contributed by atoms with van der Waals surface area (Å²) < 4.78 is 44.0. The lowest BCUT2D eigenvalue weighted by Gasteiger charge is -2.28. The molecule has 0 aromatic heterocycles. The molecule has 0 aliphatic heterocycles. The highest BCUT2D eigenvalue weighted by Crippen LogP contribution is 2.18. The van der Waals surface area contributed by atoms with Gasteiger partial charge in [0.25, 0.3) is 0 Å². The molecule has 4 atom stereocenters. The number of carbonyl (C=O) groups excluding carboxylic acids is 4. The Balaban J connectivity index is 2.52. The minimum Gasteiger partial charge on any atom is -0.461 e. The average Bonchev–Trinajstić information content (AvgIpc) is 2.94. The van der Waals surface area contributed by atoms with Crippen LogP contribution >= 0.6 is 0 Å². The van der Waals surface area contributed by atoms with Crippen LogP contribution in [0.4, 0.5) is 0 Å². The number of carbonyl (C=O) groups is 4. The molecule has 0 N–H and O–H groups in total. The SMILES string of the molecule is CC(C)OC(C)COC(=O)C(C)(C)OC(C)COC(=O)c1ccc(C(=O)OCC(C)OC(C)(C)C(=O)OCC(C)OC(C)C)cc1. The average molecular weight is 655 g/mol. The zero-order valence-corrected chi connectivity index (χ0v) is 29.5. The van der Waals surface area contributed by atoms with Crippen molar-refractivity contribution in [3.8, 4) is 0 Å². The molecule has 46 heavy (non-hydrogen) atoms. The van der Waals surface area contributed by atoms with E-state index < -0.39 is 47.3 Å². The quantitative estimate of drug-likeness (QED) is 0.137. The zero-order valence-electron chi connectivity index (χ0n) is 29.5. The minimum atomic E-state index is -1.27. The number of rotatable bonds is 20. The highest BCUT2D eigenvalue weighted by Gasteiger charge is 2.34. The van der Waals surface area contributed by atoms with Crippen molar-refractivity contribution < 1.29 is 57.1 Å². The Hall–Kier alpha value is -3.06. The number of hydrogen-bond donors (Lipinski definition) is 0. The van der Waals surface area contributed by atoms with Crippen molar-refractivity contribution in [3.05, 3.63) is 35.4 Å². The van der Waals surface area contributed by atoms with Crippen LogP contribution in [-0.2, 0) is 47.5 Å². The van der Waals surface area contributed by atoms with Gasteiger partial charge >= 0.3 is 23.9 Å². The van der Waals surface area contributed by atoms with Crippen molar-refractivity contribution >= 4 is 23.9 Å². The Morgan fingerprint density at radius 1 is 0.500 bits per heavy atom. The maximum Gasteiger partial charge on any atom is 0.338 e. The molecule has 0 radical (unpaired) electrons. The molecule has 0 amide bonds. The second-order valence-corrected chi connectivity index (χ2v) is 12.8. The molecular weight excluding hydrogens is 600 g/mol. The molecule has 1 aromatic carbocycles. The topological polar surface area (TPSA) is 142 Å². The van der Waals surface area contributed by atoms with Crippen LogP contribution in [0.25, 0.3) is 0 Å². The first-order chi connectivity index (χ1) is 21.2. The van der Waals surface area contributed by atoms with Crippen molar-refractivity contribution in [2.45, 2.75) is 131 Å². The molecule has 0 saturated heterocycles. The Labute approximate surface area is 273 Å². The maximum atomic E-state index is 12.6. The summed E-state index contributed by atoms with van der Waals surface area (Å²) in [5, 5.41) is 0. The molecule has 0 aliphatic carbocycles. The van der Waals surface area contributed by atoms with E-state index in [1.807, 2.05) is 41.5 Å². The first-order valence-corrected chi connectivity index (χ1v) is 15.7. The number of ether oxygens (including phenoxy) is 8. The van der Waals surface area contributed by atoms with Crippen LogP contribution in [0.1, 0.15) is 104 Å². The van der Waals surface area contributed by atoms with E-state index in [2.05, 4.69) is 0 Å². The minimum absolute atomic E-state index is 0.00907. The van der Waals surface area contributed by atoms with E-state index >= 15 is 0 Å². The van der Waals surface area contributed by atoms with Gasteiger partial charge in [0.05, 0.1) is 47.8 Å². The van der Waals surface area contributed by atoms with Crippen molar-refractivity contribution in [2.75, 3.05) is 26.4 Å². The first kappa shape index (κ1) is 41.0. The zero-order chi connectivity index (χ0) is 35.2. The lowest BCUT2D eigenvalue weighted by Crippen LogP contribution is -2.41. The summed E-state index contributed by atoms with van der Waals surface area (Å²) >= 11 is 0.